The summed E-state index contributed by atoms with van der Waals surface area (Å²) < 4.78 is 10.3. The molecule has 2 heterocycles. The van der Waals surface area contributed by atoms with Crippen LogP contribution in [0.1, 0.15) is 37.9 Å². The van der Waals surface area contributed by atoms with Gasteiger partial charge in [-0.05, 0) is 12.8 Å². The van der Waals surface area contributed by atoms with E-state index in [1.807, 2.05) is 0 Å². The molecule has 1 amide bonds. The highest BCUT2D eigenvalue weighted by molar-refractivity contribution is 5.77. The monoisotopic (exact) mass is 267 g/mol. The Balaban J connectivity index is 1.70. The molecule has 1 atom stereocenters. The lowest BCUT2D eigenvalue weighted by molar-refractivity contribution is -0.120. The summed E-state index contributed by atoms with van der Waals surface area (Å²) >= 11 is 0. The highest BCUT2D eigenvalue weighted by Crippen LogP contribution is 2.10. The van der Waals surface area contributed by atoms with Crippen molar-refractivity contribution >= 4 is 5.91 Å². The van der Waals surface area contributed by atoms with Gasteiger partial charge in [-0.3, -0.25) is 4.79 Å². The Labute approximate surface area is 112 Å². The van der Waals surface area contributed by atoms with Crippen LogP contribution < -0.4 is 5.32 Å². The largest absolute Gasteiger partial charge is 0.381 e. The van der Waals surface area contributed by atoms with Gasteiger partial charge in [-0.15, -0.1) is 0 Å². The van der Waals surface area contributed by atoms with E-state index in [9.17, 15) is 4.79 Å². The van der Waals surface area contributed by atoms with E-state index in [1.165, 1.54) is 0 Å². The van der Waals surface area contributed by atoms with Crippen LogP contribution in [0.5, 0.6) is 0 Å². The minimum atomic E-state index is -0.0717. The zero-order chi connectivity index (χ0) is 13.5. The van der Waals surface area contributed by atoms with Gasteiger partial charge in [0.1, 0.15) is 6.42 Å². The molecule has 0 aromatic carbocycles. The number of amides is 1. The molecule has 0 saturated carbocycles. The molecular weight excluding hydrogens is 246 g/mol. The minimum absolute atomic E-state index is 0.0717. The first kappa shape index (κ1) is 14.0. The number of carbonyl (C=O) groups excluding carboxylic acids is 1. The molecule has 19 heavy (non-hydrogen) atoms. The molecule has 1 aliphatic heterocycles. The second kappa shape index (κ2) is 7.23. The SMILES string of the molecule is CCCCc1noc(CC(=O)NCC2CCOC2)n1. The Morgan fingerprint density at radius 2 is 2.42 bits per heavy atom. The predicted octanol–water partition coefficient (Wildman–Crippen LogP) is 1.11. The van der Waals surface area contributed by atoms with Crippen LogP contribution >= 0.6 is 0 Å². The molecule has 0 aliphatic carbocycles. The van der Waals surface area contributed by atoms with E-state index in [1.54, 1.807) is 0 Å². The predicted molar refractivity (Wildman–Crippen MR) is 68.5 cm³/mol. The zero-order valence-electron chi connectivity index (χ0n) is 11.4. The number of hydrogen-bond donors (Lipinski definition) is 1. The molecule has 0 bridgehead atoms. The standard InChI is InChI=1S/C13H21N3O3/c1-2-3-4-11-15-13(19-16-11)7-12(17)14-8-10-5-6-18-9-10/h10H,2-9H2,1H3,(H,14,17). The quantitative estimate of drug-likeness (QED) is 0.800. The van der Waals surface area contributed by atoms with Crippen LogP contribution in [0.15, 0.2) is 4.52 Å². The van der Waals surface area contributed by atoms with Gasteiger partial charge in [-0.25, -0.2) is 0 Å². The summed E-state index contributed by atoms with van der Waals surface area (Å²) in [5, 5.41) is 6.74. The molecular formula is C13H21N3O3. The van der Waals surface area contributed by atoms with Crippen molar-refractivity contribution in [3.05, 3.63) is 11.7 Å². The number of hydrogen-bond acceptors (Lipinski definition) is 5. The smallest absolute Gasteiger partial charge is 0.236 e. The van der Waals surface area contributed by atoms with Gasteiger partial charge in [0, 0.05) is 25.5 Å². The molecule has 1 aromatic rings. The number of nitrogens with zero attached hydrogens (tertiary/aromatic N) is 2. The molecule has 0 radical (unpaired) electrons. The Kier molecular flexibility index (Phi) is 5.32. The summed E-state index contributed by atoms with van der Waals surface area (Å²) in [4.78, 5) is 15.9. The number of ether oxygens (including phenoxy) is 1. The summed E-state index contributed by atoms with van der Waals surface area (Å²) in [7, 11) is 0. The van der Waals surface area contributed by atoms with E-state index in [0.717, 1.165) is 38.9 Å². The van der Waals surface area contributed by atoms with E-state index in [2.05, 4.69) is 22.4 Å². The van der Waals surface area contributed by atoms with Crippen LogP contribution in [0.3, 0.4) is 0 Å². The Bertz CT molecular complexity index is 400. The van der Waals surface area contributed by atoms with E-state index in [0.29, 0.717) is 24.2 Å². The topological polar surface area (TPSA) is 77.2 Å². The van der Waals surface area contributed by atoms with Crippen LogP contribution in [-0.4, -0.2) is 35.8 Å². The van der Waals surface area contributed by atoms with E-state index in [-0.39, 0.29) is 12.3 Å². The van der Waals surface area contributed by atoms with Gasteiger partial charge >= 0.3 is 0 Å². The summed E-state index contributed by atoms with van der Waals surface area (Å²) in [6.07, 6.45) is 4.11. The van der Waals surface area contributed by atoms with Gasteiger partial charge < -0.3 is 14.6 Å². The van der Waals surface area contributed by atoms with Gasteiger partial charge in [-0.1, -0.05) is 18.5 Å². The van der Waals surface area contributed by atoms with E-state index in [4.69, 9.17) is 9.26 Å². The van der Waals surface area contributed by atoms with Crippen LogP contribution in [0.4, 0.5) is 0 Å². The van der Waals surface area contributed by atoms with Crippen LogP contribution in [0, 0.1) is 5.92 Å². The van der Waals surface area contributed by atoms with E-state index < -0.39 is 0 Å². The highest BCUT2D eigenvalue weighted by atomic mass is 16.5. The van der Waals surface area contributed by atoms with Crippen molar-refractivity contribution in [3.63, 3.8) is 0 Å². The highest BCUT2D eigenvalue weighted by Gasteiger charge is 2.17. The zero-order valence-corrected chi connectivity index (χ0v) is 11.4. The van der Waals surface area contributed by atoms with Crippen LogP contribution in [0.25, 0.3) is 0 Å². The van der Waals surface area contributed by atoms with Crippen molar-refractivity contribution < 1.29 is 14.1 Å². The number of aromatic nitrogens is 2. The minimum Gasteiger partial charge on any atom is -0.381 e. The first-order valence-corrected chi connectivity index (χ1v) is 6.94. The number of nitrogens with one attached hydrogen (secondary N) is 1. The summed E-state index contributed by atoms with van der Waals surface area (Å²) in [6, 6.07) is 0. The maximum absolute atomic E-state index is 11.7. The maximum Gasteiger partial charge on any atom is 0.236 e. The summed E-state index contributed by atoms with van der Waals surface area (Å²) in [6.45, 7) is 4.31. The number of carbonyl (C=O) groups is 1. The van der Waals surface area contributed by atoms with Gasteiger partial charge in [0.05, 0.1) is 6.61 Å². The Morgan fingerprint density at radius 3 is 3.16 bits per heavy atom. The summed E-state index contributed by atoms with van der Waals surface area (Å²) in [5.74, 6) is 1.45. The fourth-order valence-electron chi connectivity index (χ4n) is 2.00. The molecule has 1 aliphatic rings. The molecule has 0 spiro atoms. The third-order valence-corrected chi connectivity index (χ3v) is 3.19. The maximum atomic E-state index is 11.7. The Hall–Kier alpha value is -1.43. The van der Waals surface area contributed by atoms with Gasteiger partial charge in [-0.2, -0.15) is 4.98 Å². The molecule has 1 fully saturated rings. The van der Waals surface area contributed by atoms with Crippen molar-refractivity contribution in [1.29, 1.82) is 0 Å². The first-order valence-electron chi connectivity index (χ1n) is 6.94. The fraction of sp³-hybridized carbons (Fsp3) is 0.769. The normalized spacial score (nSPS) is 18.7. The molecule has 1 N–H and O–H groups in total. The van der Waals surface area contributed by atoms with Gasteiger partial charge in [0.25, 0.3) is 0 Å². The fourth-order valence-corrected chi connectivity index (χ4v) is 2.00. The van der Waals surface area contributed by atoms with Crippen molar-refractivity contribution in [2.45, 2.75) is 39.0 Å². The molecule has 1 aromatic heterocycles. The number of rotatable bonds is 7. The molecule has 106 valence electrons. The molecule has 1 unspecified atom stereocenters. The second-order valence-corrected chi connectivity index (χ2v) is 4.92. The lowest BCUT2D eigenvalue weighted by Crippen LogP contribution is -2.30. The second-order valence-electron chi connectivity index (χ2n) is 4.92. The van der Waals surface area contributed by atoms with Crippen molar-refractivity contribution in [1.82, 2.24) is 15.5 Å². The molecule has 1 saturated heterocycles. The molecule has 6 heteroatoms. The van der Waals surface area contributed by atoms with Crippen molar-refractivity contribution in [3.8, 4) is 0 Å². The van der Waals surface area contributed by atoms with Gasteiger partial charge in [0.2, 0.25) is 11.8 Å². The third kappa shape index (κ3) is 4.63. The lowest BCUT2D eigenvalue weighted by atomic mass is 10.1. The van der Waals surface area contributed by atoms with Gasteiger partial charge in [0.15, 0.2) is 5.82 Å². The molecule has 6 nitrogen and oxygen atoms in total. The number of aryl methyl sites for hydroxylation is 1. The molecule has 2 rings (SSSR count). The average Bonchev–Trinajstić information content (AvgIpc) is 3.05. The third-order valence-electron chi connectivity index (χ3n) is 3.19. The first-order chi connectivity index (χ1) is 9.28. The van der Waals surface area contributed by atoms with E-state index >= 15 is 0 Å². The number of unbranched alkanes of at least 4 members (excludes halogenated alkanes) is 1. The Morgan fingerprint density at radius 1 is 1.53 bits per heavy atom. The van der Waals surface area contributed by atoms with Crippen molar-refractivity contribution in [2.24, 2.45) is 5.92 Å². The van der Waals surface area contributed by atoms with Crippen LogP contribution in [-0.2, 0) is 22.4 Å². The lowest BCUT2D eigenvalue weighted by Gasteiger charge is -2.07. The van der Waals surface area contributed by atoms with Crippen LogP contribution in [0.2, 0.25) is 0 Å². The summed E-state index contributed by atoms with van der Waals surface area (Å²) in [5.41, 5.74) is 0. The average molecular weight is 267 g/mol. The van der Waals surface area contributed by atoms with Crippen molar-refractivity contribution in [2.75, 3.05) is 19.8 Å².